The maximum Gasteiger partial charge on any atom is 0.243 e. The summed E-state index contributed by atoms with van der Waals surface area (Å²) in [7, 11) is -3.50. The number of ketones is 1. The van der Waals surface area contributed by atoms with Gasteiger partial charge in [-0.3, -0.25) is 4.79 Å². The Bertz CT molecular complexity index is 1620. The molecule has 1 aliphatic heterocycles. The van der Waals surface area contributed by atoms with E-state index in [-0.39, 0.29) is 5.78 Å². The molecule has 1 saturated heterocycles. The van der Waals surface area contributed by atoms with Gasteiger partial charge in [-0.2, -0.15) is 4.31 Å². The third-order valence-electron chi connectivity index (χ3n) is 6.63. The second-order valence-electron chi connectivity index (χ2n) is 9.32. The predicted octanol–water partition coefficient (Wildman–Crippen LogP) is 6.53. The monoisotopic (exact) mass is 565 g/mol. The number of hydrogen-bond acceptors (Lipinski definition) is 5. The number of hydrogen-bond donors (Lipinski definition) is 0. The van der Waals surface area contributed by atoms with Crippen LogP contribution in [0.15, 0.2) is 88.1 Å². The Kier molecular flexibility index (Phi) is 7.95. The first kappa shape index (κ1) is 26.6. The van der Waals surface area contributed by atoms with E-state index in [0.29, 0.717) is 40.8 Å². The lowest BCUT2D eigenvalue weighted by Gasteiger charge is -2.25. The molecule has 0 spiro atoms. The number of benzene rings is 3. The van der Waals surface area contributed by atoms with Crippen molar-refractivity contribution < 1.29 is 13.2 Å². The summed E-state index contributed by atoms with van der Waals surface area (Å²) in [4.78, 5) is 17.8. The fourth-order valence-electron chi connectivity index (χ4n) is 4.53. The molecule has 0 saturated carbocycles. The molecule has 196 valence electrons. The van der Waals surface area contributed by atoms with E-state index in [0.717, 1.165) is 40.9 Å². The number of carbonyl (C=O) groups excluding carboxylic acids is 1. The SMILES string of the molecule is CC(=O)c1cccc(N=c2scc(-c3ccc(S(=O)(=O)N4CCCCC4)cc3)n2Cc2ccc(Cl)cc2)c1. The molecule has 0 unspecified atom stereocenters. The van der Waals surface area contributed by atoms with E-state index < -0.39 is 10.0 Å². The summed E-state index contributed by atoms with van der Waals surface area (Å²) in [5, 5.41) is 2.69. The molecule has 38 heavy (non-hydrogen) atoms. The zero-order valence-electron chi connectivity index (χ0n) is 21.0. The number of halogens is 1. The second kappa shape index (κ2) is 11.4. The largest absolute Gasteiger partial charge is 0.312 e. The number of sulfonamides is 1. The highest BCUT2D eigenvalue weighted by Crippen LogP contribution is 2.26. The lowest BCUT2D eigenvalue weighted by atomic mass is 10.1. The molecule has 1 aromatic heterocycles. The van der Waals surface area contributed by atoms with Gasteiger partial charge in [0.15, 0.2) is 10.6 Å². The Balaban J connectivity index is 1.54. The summed E-state index contributed by atoms with van der Waals surface area (Å²) < 4.78 is 29.9. The molecule has 1 aliphatic rings. The van der Waals surface area contributed by atoms with Crippen LogP contribution in [0.2, 0.25) is 5.02 Å². The van der Waals surface area contributed by atoms with Crippen LogP contribution in [0.5, 0.6) is 0 Å². The van der Waals surface area contributed by atoms with Crippen molar-refractivity contribution >= 4 is 44.4 Å². The van der Waals surface area contributed by atoms with Crippen molar-refractivity contribution in [2.75, 3.05) is 13.1 Å². The van der Waals surface area contributed by atoms with Crippen molar-refractivity contribution in [2.45, 2.75) is 37.6 Å². The van der Waals surface area contributed by atoms with Gasteiger partial charge in [0.2, 0.25) is 10.0 Å². The zero-order valence-corrected chi connectivity index (χ0v) is 23.4. The van der Waals surface area contributed by atoms with Crippen LogP contribution in [0.3, 0.4) is 0 Å². The maximum atomic E-state index is 13.1. The van der Waals surface area contributed by atoms with E-state index in [1.54, 1.807) is 28.6 Å². The summed E-state index contributed by atoms with van der Waals surface area (Å²) in [6.07, 6.45) is 2.88. The third kappa shape index (κ3) is 5.83. The Morgan fingerprint density at radius 3 is 2.37 bits per heavy atom. The number of thiazole rings is 1. The first-order chi connectivity index (χ1) is 18.3. The van der Waals surface area contributed by atoms with E-state index >= 15 is 0 Å². The molecule has 0 radical (unpaired) electrons. The fraction of sp³-hybridized carbons (Fsp3) is 0.241. The van der Waals surface area contributed by atoms with Crippen molar-refractivity contribution in [3.8, 4) is 11.3 Å². The molecule has 2 heterocycles. The Hall–Kier alpha value is -3.04. The van der Waals surface area contributed by atoms with Gasteiger partial charge >= 0.3 is 0 Å². The Morgan fingerprint density at radius 1 is 0.974 bits per heavy atom. The van der Waals surface area contributed by atoms with Gasteiger partial charge in [0.05, 0.1) is 22.8 Å². The lowest BCUT2D eigenvalue weighted by Crippen LogP contribution is -2.35. The first-order valence-electron chi connectivity index (χ1n) is 12.5. The van der Waals surface area contributed by atoms with Crippen LogP contribution in [0, 0.1) is 0 Å². The van der Waals surface area contributed by atoms with Gasteiger partial charge < -0.3 is 4.57 Å². The minimum Gasteiger partial charge on any atom is -0.312 e. The van der Waals surface area contributed by atoms with E-state index in [1.165, 1.54) is 18.3 Å². The molecular weight excluding hydrogens is 538 g/mol. The smallest absolute Gasteiger partial charge is 0.243 e. The number of carbonyl (C=O) groups is 1. The van der Waals surface area contributed by atoms with Crippen LogP contribution >= 0.6 is 22.9 Å². The minimum atomic E-state index is -3.50. The van der Waals surface area contributed by atoms with E-state index in [4.69, 9.17) is 16.6 Å². The molecule has 5 rings (SSSR count). The van der Waals surface area contributed by atoms with Crippen LogP contribution < -0.4 is 4.80 Å². The van der Waals surface area contributed by atoms with Gasteiger partial charge in [-0.25, -0.2) is 13.4 Å². The van der Waals surface area contributed by atoms with Crippen LogP contribution in [0.1, 0.15) is 42.1 Å². The Labute approximate surface area is 231 Å². The van der Waals surface area contributed by atoms with Crippen LogP contribution in [0.4, 0.5) is 5.69 Å². The van der Waals surface area contributed by atoms with Gasteiger partial charge in [0.1, 0.15) is 0 Å². The van der Waals surface area contributed by atoms with Crippen molar-refractivity contribution in [2.24, 2.45) is 4.99 Å². The molecule has 0 N–H and O–H groups in total. The van der Waals surface area contributed by atoms with Gasteiger partial charge in [-0.15, -0.1) is 11.3 Å². The molecule has 6 nitrogen and oxygen atoms in total. The number of piperidine rings is 1. The summed E-state index contributed by atoms with van der Waals surface area (Å²) in [5.74, 6) is -0.0115. The van der Waals surface area contributed by atoms with E-state index in [1.807, 2.05) is 53.9 Å². The number of rotatable bonds is 7. The fourth-order valence-corrected chi connectivity index (χ4v) is 7.10. The molecule has 0 bridgehead atoms. The zero-order chi connectivity index (χ0) is 26.7. The van der Waals surface area contributed by atoms with E-state index in [9.17, 15) is 13.2 Å². The number of aromatic nitrogens is 1. The van der Waals surface area contributed by atoms with Crippen LogP contribution in [0.25, 0.3) is 11.3 Å². The molecular formula is C29H28ClN3O3S2. The maximum absolute atomic E-state index is 13.1. The van der Waals surface area contributed by atoms with Gasteiger partial charge in [0, 0.05) is 29.1 Å². The topological polar surface area (TPSA) is 71.7 Å². The highest BCUT2D eigenvalue weighted by atomic mass is 35.5. The normalized spacial score (nSPS) is 15.1. The predicted molar refractivity (Wildman–Crippen MR) is 153 cm³/mol. The Morgan fingerprint density at radius 2 is 1.68 bits per heavy atom. The molecule has 1 fully saturated rings. The third-order valence-corrected chi connectivity index (χ3v) is 9.66. The average molecular weight is 566 g/mol. The average Bonchev–Trinajstić information content (AvgIpc) is 3.32. The number of nitrogens with zero attached hydrogens (tertiary/aromatic N) is 3. The van der Waals surface area contributed by atoms with Gasteiger partial charge in [-0.1, -0.05) is 54.4 Å². The summed E-state index contributed by atoms with van der Waals surface area (Å²) in [5.41, 5.74) is 4.18. The minimum absolute atomic E-state index is 0.0115. The van der Waals surface area contributed by atoms with Crippen molar-refractivity contribution in [3.05, 3.63) is 99.1 Å². The molecule has 0 amide bonds. The number of Topliss-reactive ketones (excluding diaryl/α,β-unsaturated/α-hetero) is 1. The van der Waals surface area contributed by atoms with E-state index in [2.05, 4.69) is 4.57 Å². The summed E-state index contributed by atoms with van der Waals surface area (Å²) >= 11 is 7.60. The van der Waals surface area contributed by atoms with Crippen LogP contribution in [-0.2, 0) is 16.6 Å². The molecule has 9 heteroatoms. The van der Waals surface area contributed by atoms with Crippen molar-refractivity contribution in [1.82, 2.24) is 8.87 Å². The first-order valence-corrected chi connectivity index (χ1v) is 15.2. The van der Waals surface area contributed by atoms with Gasteiger partial charge in [-0.05, 0) is 67.3 Å². The van der Waals surface area contributed by atoms with Crippen LogP contribution in [-0.4, -0.2) is 36.2 Å². The highest BCUT2D eigenvalue weighted by Gasteiger charge is 2.26. The standard InChI is InChI=1S/C29H28ClN3O3S2/c1-21(34)24-6-5-7-26(18-24)31-29-33(19-22-8-12-25(30)13-9-22)28(20-37-29)23-10-14-27(15-11-23)38(35,36)32-16-3-2-4-17-32/h5-15,18,20H,2-4,16-17,19H2,1H3. The molecule has 0 atom stereocenters. The summed E-state index contributed by atoms with van der Waals surface area (Å²) in [6.45, 7) is 3.24. The van der Waals surface area contributed by atoms with Crippen molar-refractivity contribution in [3.63, 3.8) is 0 Å². The molecule has 4 aromatic rings. The summed E-state index contributed by atoms with van der Waals surface area (Å²) in [6, 6.07) is 22.0. The second-order valence-corrected chi connectivity index (χ2v) is 12.5. The lowest BCUT2D eigenvalue weighted by molar-refractivity contribution is 0.101. The molecule has 3 aromatic carbocycles. The highest BCUT2D eigenvalue weighted by molar-refractivity contribution is 7.89. The van der Waals surface area contributed by atoms with Crippen molar-refractivity contribution in [1.29, 1.82) is 0 Å². The van der Waals surface area contributed by atoms with Gasteiger partial charge in [0.25, 0.3) is 0 Å². The quantitative estimate of drug-likeness (QED) is 0.239. The molecule has 0 aliphatic carbocycles.